The van der Waals surface area contributed by atoms with Gasteiger partial charge in [0.05, 0.1) is 23.5 Å². The van der Waals surface area contributed by atoms with Gasteiger partial charge in [0.2, 0.25) is 0 Å². The molecule has 6 heteroatoms. The van der Waals surface area contributed by atoms with Gasteiger partial charge >= 0.3 is 7.12 Å². The van der Waals surface area contributed by atoms with Gasteiger partial charge in [-0.1, -0.05) is 0 Å². The first-order chi connectivity index (χ1) is 8.27. The Morgan fingerprint density at radius 3 is 2.22 bits per heavy atom. The molecule has 1 aromatic rings. The third-order valence-corrected chi connectivity index (χ3v) is 3.60. The Bertz CT molecular complexity index is 445. The highest BCUT2D eigenvalue weighted by Gasteiger charge is 2.53. The molecule has 18 heavy (non-hydrogen) atoms. The maximum absolute atomic E-state index is 9.83. The average molecular weight is 251 g/mol. The van der Waals surface area contributed by atoms with E-state index in [-0.39, 0.29) is 12.4 Å². The van der Waals surface area contributed by atoms with Crippen molar-refractivity contribution in [3.05, 3.63) is 17.8 Å². The molecule has 1 aliphatic heterocycles. The van der Waals surface area contributed by atoms with Crippen molar-refractivity contribution in [3.8, 4) is 5.75 Å². The Morgan fingerprint density at radius 2 is 1.72 bits per heavy atom. The summed E-state index contributed by atoms with van der Waals surface area (Å²) in [7, 11) is -0.721. The lowest BCUT2D eigenvalue weighted by molar-refractivity contribution is 0.00578. The fraction of sp³-hybridized carbons (Fsp3) is 0.583. The molecule has 2 heterocycles. The van der Waals surface area contributed by atoms with Crippen LogP contribution in [0.4, 0.5) is 0 Å². The molecule has 5 nitrogen and oxygen atoms in total. The van der Waals surface area contributed by atoms with Gasteiger partial charge in [0.25, 0.3) is 0 Å². The van der Waals surface area contributed by atoms with Crippen LogP contribution in [0.1, 0.15) is 33.4 Å². The standard InChI is InChI=1S/C12H18BNO4/c1-11(2)12(3,4)18-13(17-11)10-9(16)6-5-8(7-15)14-10/h5-6,15-16H,7H2,1-4H3. The van der Waals surface area contributed by atoms with Crippen LogP contribution in [0.2, 0.25) is 0 Å². The molecule has 0 amide bonds. The average Bonchev–Trinajstić information content (AvgIpc) is 2.48. The largest absolute Gasteiger partial charge is 0.518 e. The van der Waals surface area contributed by atoms with Crippen LogP contribution in [0.5, 0.6) is 5.75 Å². The molecule has 1 fully saturated rings. The molecule has 1 aromatic heterocycles. The summed E-state index contributed by atoms with van der Waals surface area (Å²) in [6, 6.07) is 3.04. The second kappa shape index (κ2) is 4.22. The molecule has 1 saturated heterocycles. The monoisotopic (exact) mass is 251 g/mol. The van der Waals surface area contributed by atoms with Crippen molar-refractivity contribution in [2.24, 2.45) is 0 Å². The van der Waals surface area contributed by atoms with Gasteiger partial charge in [-0.15, -0.1) is 0 Å². The summed E-state index contributed by atoms with van der Waals surface area (Å²) in [5.41, 5.74) is -0.195. The SMILES string of the molecule is CC1(C)OB(c2nc(CO)ccc2O)OC1(C)C. The number of nitrogens with zero attached hydrogens (tertiary/aromatic N) is 1. The second-order valence-corrected chi connectivity index (χ2v) is 5.45. The second-order valence-electron chi connectivity index (χ2n) is 5.45. The number of rotatable bonds is 2. The highest BCUT2D eigenvalue weighted by molar-refractivity contribution is 6.62. The van der Waals surface area contributed by atoms with Crippen LogP contribution in [0.25, 0.3) is 0 Å². The zero-order valence-corrected chi connectivity index (χ0v) is 11.1. The number of aromatic nitrogens is 1. The first kappa shape index (κ1) is 13.3. The van der Waals surface area contributed by atoms with Crippen molar-refractivity contribution in [3.63, 3.8) is 0 Å². The lowest BCUT2D eigenvalue weighted by Crippen LogP contribution is -2.41. The minimum Gasteiger partial charge on any atom is -0.507 e. The zero-order chi connectivity index (χ0) is 13.6. The Hall–Kier alpha value is -1.11. The van der Waals surface area contributed by atoms with Crippen molar-refractivity contribution in [2.45, 2.75) is 45.5 Å². The van der Waals surface area contributed by atoms with E-state index in [1.165, 1.54) is 6.07 Å². The van der Waals surface area contributed by atoms with Gasteiger partial charge in [-0.3, -0.25) is 4.98 Å². The molecule has 0 spiro atoms. The minimum atomic E-state index is -0.721. The summed E-state index contributed by atoms with van der Waals surface area (Å²) >= 11 is 0. The molecule has 0 aromatic carbocycles. The molecular formula is C12H18BNO4. The van der Waals surface area contributed by atoms with Gasteiger partial charge in [-0.05, 0) is 39.8 Å². The summed E-state index contributed by atoms with van der Waals surface area (Å²) in [6.45, 7) is 7.53. The summed E-state index contributed by atoms with van der Waals surface area (Å²) < 4.78 is 11.6. The highest BCUT2D eigenvalue weighted by Crippen LogP contribution is 2.36. The molecule has 0 saturated carbocycles. The van der Waals surface area contributed by atoms with Crippen LogP contribution in [0.15, 0.2) is 12.1 Å². The van der Waals surface area contributed by atoms with Crippen LogP contribution >= 0.6 is 0 Å². The van der Waals surface area contributed by atoms with Crippen LogP contribution in [-0.2, 0) is 15.9 Å². The van der Waals surface area contributed by atoms with Crippen molar-refractivity contribution < 1.29 is 19.5 Å². The maximum Gasteiger partial charge on any atom is 0.518 e. The summed E-state index contributed by atoms with van der Waals surface area (Å²) in [5.74, 6) is 0.00528. The Balaban J connectivity index is 2.34. The van der Waals surface area contributed by atoms with Gasteiger partial charge in [-0.25, -0.2) is 0 Å². The normalized spacial score (nSPS) is 21.3. The van der Waals surface area contributed by atoms with Crippen molar-refractivity contribution >= 4 is 12.7 Å². The van der Waals surface area contributed by atoms with E-state index in [1.807, 2.05) is 27.7 Å². The van der Waals surface area contributed by atoms with E-state index in [0.29, 0.717) is 11.3 Å². The number of hydrogen-bond donors (Lipinski definition) is 2. The number of pyridine rings is 1. The highest BCUT2D eigenvalue weighted by atomic mass is 16.7. The van der Waals surface area contributed by atoms with E-state index in [2.05, 4.69) is 4.98 Å². The number of aromatic hydroxyl groups is 1. The van der Waals surface area contributed by atoms with E-state index in [9.17, 15) is 5.11 Å². The minimum absolute atomic E-state index is 0.00528. The first-order valence-corrected chi connectivity index (χ1v) is 5.92. The number of aliphatic hydroxyl groups excluding tert-OH is 1. The predicted molar refractivity (Wildman–Crippen MR) is 67.5 cm³/mol. The van der Waals surface area contributed by atoms with E-state index in [4.69, 9.17) is 14.4 Å². The quantitative estimate of drug-likeness (QED) is 0.752. The van der Waals surface area contributed by atoms with Gasteiger partial charge in [0.15, 0.2) is 0 Å². The molecule has 2 rings (SSSR count). The van der Waals surface area contributed by atoms with Gasteiger partial charge in [0, 0.05) is 0 Å². The molecule has 0 unspecified atom stereocenters. The molecule has 98 valence electrons. The Morgan fingerprint density at radius 1 is 1.17 bits per heavy atom. The topological polar surface area (TPSA) is 71.8 Å². The molecule has 0 radical (unpaired) electrons. The molecular weight excluding hydrogens is 233 g/mol. The van der Waals surface area contributed by atoms with Crippen LogP contribution in [0, 0.1) is 0 Å². The zero-order valence-electron chi connectivity index (χ0n) is 11.1. The van der Waals surface area contributed by atoms with E-state index >= 15 is 0 Å². The number of hydrogen-bond acceptors (Lipinski definition) is 5. The lowest BCUT2D eigenvalue weighted by atomic mass is 9.83. The predicted octanol–water partition coefficient (Wildman–Crippen LogP) is 0.579. The Labute approximate surface area is 107 Å². The summed E-state index contributed by atoms with van der Waals surface area (Å²) in [6.07, 6.45) is 0. The molecule has 1 aliphatic rings. The van der Waals surface area contributed by atoms with E-state index < -0.39 is 18.3 Å². The Kier molecular flexibility index (Phi) is 3.13. The number of aliphatic hydroxyl groups is 1. The van der Waals surface area contributed by atoms with Gasteiger partial charge < -0.3 is 19.5 Å². The van der Waals surface area contributed by atoms with E-state index in [0.717, 1.165) is 0 Å². The fourth-order valence-corrected chi connectivity index (χ4v) is 1.73. The van der Waals surface area contributed by atoms with E-state index in [1.54, 1.807) is 6.07 Å². The van der Waals surface area contributed by atoms with Crippen LogP contribution in [-0.4, -0.2) is 33.5 Å². The molecule has 0 atom stereocenters. The van der Waals surface area contributed by atoms with Crippen LogP contribution < -0.4 is 5.59 Å². The summed E-state index contributed by atoms with van der Waals surface area (Å²) in [5, 5.41) is 18.9. The molecule has 2 N–H and O–H groups in total. The van der Waals surface area contributed by atoms with Gasteiger partial charge in [0.1, 0.15) is 11.3 Å². The third-order valence-electron chi connectivity index (χ3n) is 3.60. The fourth-order valence-electron chi connectivity index (χ4n) is 1.73. The van der Waals surface area contributed by atoms with Crippen LogP contribution in [0.3, 0.4) is 0 Å². The van der Waals surface area contributed by atoms with Crippen molar-refractivity contribution in [1.82, 2.24) is 4.98 Å². The molecule has 0 aliphatic carbocycles. The smallest absolute Gasteiger partial charge is 0.507 e. The van der Waals surface area contributed by atoms with Crippen molar-refractivity contribution in [1.29, 1.82) is 0 Å². The molecule has 0 bridgehead atoms. The third kappa shape index (κ3) is 2.11. The van der Waals surface area contributed by atoms with Gasteiger partial charge in [-0.2, -0.15) is 0 Å². The maximum atomic E-state index is 9.83. The first-order valence-electron chi connectivity index (χ1n) is 5.92. The van der Waals surface area contributed by atoms with Crippen molar-refractivity contribution in [2.75, 3.05) is 0 Å². The lowest BCUT2D eigenvalue weighted by Gasteiger charge is -2.32. The summed E-state index contributed by atoms with van der Waals surface area (Å²) in [4.78, 5) is 4.15.